The van der Waals surface area contributed by atoms with Gasteiger partial charge in [0.15, 0.2) is 5.82 Å². The van der Waals surface area contributed by atoms with Crippen LogP contribution in [0.4, 0.5) is 10.1 Å². The third-order valence-corrected chi connectivity index (χ3v) is 3.16. The summed E-state index contributed by atoms with van der Waals surface area (Å²) in [7, 11) is -4.33. The van der Waals surface area contributed by atoms with Gasteiger partial charge in [0.25, 0.3) is 15.7 Å². The van der Waals surface area contributed by atoms with Crippen LogP contribution in [-0.4, -0.2) is 19.2 Å². The Hall–Kier alpha value is -2.03. The molecule has 0 unspecified atom stereocenters. The van der Waals surface area contributed by atoms with Crippen molar-refractivity contribution in [2.24, 2.45) is 0 Å². The summed E-state index contributed by atoms with van der Waals surface area (Å²) in [4.78, 5) is 19.2. The summed E-state index contributed by atoms with van der Waals surface area (Å²) in [6, 6.07) is 2.02. The number of hydrogen-bond acceptors (Lipinski definition) is 5. The number of benzene rings is 1. The molecule has 0 heterocycles. The smallest absolute Gasteiger partial charge is 0.272 e. The second-order valence-electron chi connectivity index (χ2n) is 3.03. The maximum atomic E-state index is 13.3. The van der Waals surface area contributed by atoms with Gasteiger partial charge in [0.1, 0.15) is 4.90 Å². The van der Waals surface area contributed by atoms with Gasteiger partial charge in [-0.2, -0.15) is 0 Å². The van der Waals surface area contributed by atoms with E-state index in [0.717, 1.165) is 19.1 Å². The van der Waals surface area contributed by atoms with E-state index in [1.807, 2.05) is 0 Å². The summed E-state index contributed by atoms with van der Waals surface area (Å²) >= 11 is 0. The summed E-state index contributed by atoms with van der Waals surface area (Å²) in [6.45, 7) is 0.945. The average molecular weight is 262 g/mol. The minimum Gasteiger partial charge on any atom is -0.274 e. The maximum Gasteiger partial charge on any atom is 0.272 e. The van der Waals surface area contributed by atoms with Gasteiger partial charge in [-0.1, -0.05) is 0 Å². The van der Waals surface area contributed by atoms with E-state index in [1.165, 1.54) is 0 Å². The first-order valence-electron chi connectivity index (χ1n) is 4.21. The summed E-state index contributed by atoms with van der Waals surface area (Å²) in [5.41, 5.74) is -0.579. The van der Waals surface area contributed by atoms with Crippen LogP contribution in [0.15, 0.2) is 23.1 Å². The van der Waals surface area contributed by atoms with E-state index >= 15 is 0 Å². The van der Waals surface area contributed by atoms with Gasteiger partial charge in [-0.15, -0.1) is 0 Å². The van der Waals surface area contributed by atoms with Crippen molar-refractivity contribution in [3.63, 3.8) is 0 Å². The minimum absolute atomic E-state index is 0.467. The van der Waals surface area contributed by atoms with Crippen LogP contribution in [0.3, 0.4) is 0 Å². The Morgan fingerprint density at radius 2 is 2.06 bits per heavy atom. The Balaban J connectivity index is 3.25. The molecule has 1 N–H and O–H groups in total. The van der Waals surface area contributed by atoms with Crippen molar-refractivity contribution in [1.29, 1.82) is 0 Å². The highest BCUT2D eigenvalue weighted by molar-refractivity contribution is 7.90. The molecule has 0 saturated carbocycles. The van der Waals surface area contributed by atoms with Gasteiger partial charge in [0, 0.05) is 13.0 Å². The lowest BCUT2D eigenvalue weighted by Crippen LogP contribution is -2.28. The second-order valence-corrected chi connectivity index (χ2v) is 4.68. The molecule has 92 valence electrons. The molecule has 0 aromatic heterocycles. The normalized spacial score (nSPS) is 10.9. The highest BCUT2D eigenvalue weighted by atomic mass is 32.2. The largest absolute Gasteiger partial charge is 0.274 e. The molecule has 0 spiro atoms. The molecular weight excluding hydrogens is 255 g/mol. The highest BCUT2D eigenvalue weighted by Crippen LogP contribution is 2.20. The third kappa shape index (κ3) is 2.97. The first-order chi connectivity index (χ1) is 7.74. The third-order valence-electron chi connectivity index (χ3n) is 1.69. The number of nitro groups is 1. The van der Waals surface area contributed by atoms with Crippen LogP contribution < -0.4 is 4.72 Å². The van der Waals surface area contributed by atoms with Crippen LogP contribution in [0.1, 0.15) is 6.92 Å². The lowest BCUT2D eigenvalue weighted by molar-refractivity contribution is -0.385. The van der Waals surface area contributed by atoms with Crippen LogP contribution in [0.2, 0.25) is 0 Å². The van der Waals surface area contributed by atoms with Crippen molar-refractivity contribution in [3.8, 4) is 0 Å². The molecule has 1 aromatic rings. The second kappa shape index (κ2) is 4.45. The molecule has 17 heavy (non-hydrogen) atoms. The van der Waals surface area contributed by atoms with Crippen molar-refractivity contribution in [1.82, 2.24) is 4.72 Å². The molecule has 1 amide bonds. The van der Waals surface area contributed by atoms with E-state index in [-0.39, 0.29) is 0 Å². The van der Waals surface area contributed by atoms with Crippen LogP contribution in [0.5, 0.6) is 0 Å². The zero-order valence-electron chi connectivity index (χ0n) is 8.51. The molecule has 1 rings (SSSR count). The predicted octanol–water partition coefficient (Wildman–Crippen LogP) is 0.559. The number of carbonyl (C=O) groups excluding carboxylic acids is 1. The minimum atomic E-state index is -4.33. The molecule has 0 aliphatic carbocycles. The van der Waals surface area contributed by atoms with E-state index in [2.05, 4.69) is 0 Å². The number of carbonyl (C=O) groups is 1. The quantitative estimate of drug-likeness (QED) is 0.632. The Bertz CT molecular complexity index is 584. The van der Waals surface area contributed by atoms with Crippen molar-refractivity contribution in [2.75, 3.05) is 0 Å². The number of hydrogen-bond donors (Lipinski definition) is 1. The van der Waals surface area contributed by atoms with Crippen LogP contribution in [0, 0.1) is 15.9 Å². The van der Waals surface area contributed by atoms with Crippen molar-refractivity contribution in [3.05, 3.63) is 34.1 Å². The maximum absolute atomic E-state index is 13.3. The lowest BCUT2D eigenvalue weighted by atomic mass is 10.3. The molecule has 0 aliphatic heterocycles. The summed E-state index contributed by atoms with van der Waals surface area (Å²) in [5.74, 6) is -2.18. The lowest BCUT2D eigenvalue weighted by Gasteiger charge is -2.05. The summed E-state index contributed by atoms with van der Waals surface area (Å²) < 4.78 is 37.7. The number of amides is 1. The first-order valence-corrected chi connectivity index (χ1v) is 5.69. The molecule has 0 saturated heterocycles. The Morgan fingerprint density at radius 3 is 2.47 bits per heavy atom. The van der Waals surface area contributed by atoms with Gasteiger partial charge in [0.05, 0.1) is 11.0 Å². The topological polar surface area (TPSA) is 106 Å². The Labute approximate surface area is 95.5 Å². The van der Waals surface area contributed by atoms with Crippen LogP contribution in [0.25, 0.3) is 0 Å². The fourth-order valence-electron chi connectivity index (χ4n) is 1.07. The monoisotopic (exact) mass is 262 g/mol. The molecule has 0 bridgehead atoms. The average Bonchev–Trinajstić information content (AvgIpc) is 2.14. The molecule has 0 radical (unpaired) electrons. The Morgan fingerprint density at radius 1 is 1.47 bits per heavy atom. The number of nitro benzene ring substituents is 1. The SMILES string of the molecule is CC(=O)NS(=O)(=O)c1ccc([N+](=O)[O-])cc1F. The molecular formula is C8H7FN2O5S. The summed E-state index contributed by atoms with van der Waals surface area (Å²) in [6.07, 6.45) is 0. The van der Waals surface area contributed by atoms with Gasteiger partial charge in [0.2, 0.25) is 5.91 Å². The van der Waals surface area contributed by atoms with Gasteiger partial charge < -0.3 is 0 Å². The predicted molar refractivity (Wildman–Crippen MR) is 54.1 cm³/mol. The molecule has 1 aromatic carbocycles. The zero-order chi connectivity index (χ0) is 13.2. The number of nitrogens with zero attached hydrogens (tertiary/aromatic N) is 1. The van der Waals surface area contributed by atoms with E-state index < -0.39 is 37.3 Å². The fourth-order valence-corrected chi connectivity index (χ4v) is 2.12. The van der Waals surface area contributed by atoms with Crippen LogP contribution in [-0.2, 0) is 14.8 Å². The molecule has 9 heteroatoms. The van der Waals surface area contributed by atoms with Crippen LogP contribution >= 0.6 is 0 Å². The van der Waals surface area contributed by atoms with Gasteiger partial charge in [-0.25, -0.2) is 17.5 Å². The Kier molecular flexibility index (Phi) is 3.42. The zero-order valence-corrected chi connectivity index (χ0v) is 9.32. The van der Waals surface area contributed by atoms with Crippen molar-refractivity contribution in [2.45, 2.75) is 11.8 Å². The number of nitrogens with one attached hydrogen (secondary N) is 1. The molecule has 0 atom stereocenters. The van der Waals surface area contributed by atoms with Crippen molar-refractivity contribution >= 4 is 21.6 Å². The number of sulfonamides is 1. The van der Waals surface area contributed by atoms with E-state index in [9.17, 15) is 27.7 Å². The van der Waals surface area contributed by atoms with Crippen molar-refractivity contribution < 1.29 is 22.5 Å². The van der Waals surface area contributed by atoms with E-state index in [0.29, 0.717) is 6.07 Å². The molecule has 0 aliphatic rings. The standard InChI is InChI=1S/C8H7FN2O5S/c1-5(12)10-17(15,16)8-3-2-6(11(13)14)4-7(8)9/h2-4H,1H3,(H,10,12). The fraction of sp³-hybridized carbons (Fsp3) is 0.125. The molecule has 7 nitrogen and oxygen atoms in total. The highest BCUT2D eigenvalue weighted by Gasteiger charge is 2.22. The first kappa shape index (κ1) is 13.0. The number of halogens is 1. The number of non-ortho nitro benzene ring substituents is 1. The molecule has 0 fully saturated rings. The van der Waals surface area contributed by atoms with Gasteiger partial charge >= 0.3 is 0 Å². The van der Waals surface area contributed by atoms with E-state index in [1.54, 1.807) is 4.72 Å². The van der Waals surface area contributed by atoms with Gasteiger partial charge in [-0.05, 0) is 6.07 Å². The van der Waals surface area contributed by atoms with Gasteiger partial charge in [-0.3, -0.25) is 14.9 Å². The summed E-state index contributed by atoms with van der Waals surface area (Å²) in [5, 5.41) is 10.3. The number of rotatable bonds is 3. The van der Waals surface area contributed by atoms with E-state index in [4.69, 9.17) is 0 Å².